The average molecular weight is 287 g/mol. The van der Waals surface area contributed by atoms with E-state index in [0.717, 1.165) is 43.8 Å². The molecule has 2 aromatic rings. The third kappa shape index (κ3) is 2.61. The highest BCUT2D eigenvalue weighted by Gasteiger charge is 2.28. The fourth-order valence-corrected chi connectivity index (χ4v) is 2.96. The van der Waals surface area contributed by atoms with Crippen molar-refractivity contribution in [2.45, 2.75) is 31.8 Å². The third-order valence-electron chi connectivity index (χ3n) is 4.25. The molecular weight excluding hydrogens is 266 g/mol. The van der Waals surface area contributed by atoms with E-state index in [1.165, 1.54) is 18.4 Å². The zero-order valence-corrected chi connectivity index (χ0v) is 12.3. The Labute approximate surface area is 124 Å². The Morgan fingerprint density at radius 3 is 3.14 bits per heavy atom. The van der Waals surface area contributed by atoms with Crippen molar-refractivity contribution in [1.29, 1.82) is 0 Å². The Balaban J connectivity index is 1.65. The molecule has 1 unspecified atom stereocenters. The lowest BCUT2D eigenvalue weighted by Gasteiger charge is -2.37. The van der Waals surface area contributed by atoms with Crippen molar-refractivity contribution in [3.05, 3.63) is 24.0 Å². The summed E-state index contributed by atoms with van der Waals surface area (Å²) >= 11 is 0. The molecule has 2 fully saturated rings. The molecular formula is C15H21N5O. The third-order valence-corrected chi connectivity index (χ3v) is 4.25. The molecule has 0 spiro atoms. The molecule has 0 bridgehead atoms. The second kappa shape index (κ2) is 5.27. The number of anilines is 1. The highest BCUT2D eigenvalue weighted by molar-refractivity contribution is 5.53. The smallest absolute Gasteiger partial charge is 0.157 e. The number of pyridine rings is 1. The van der Waals surface area contributed by atoms with Crippen LogP contribution in [0, 0.1) is 6.92 Å². The fraction of sp³-hybridized carbons (Fsp3) is 0.600. The highest BCUT2D eigenvalue weighted by atomic mass is 16.5. The van der Waals surface area contributed by atoms with Gasteiger partial charge in [-0.05, 0) is 37.5 Å². The summed E-state index contributed by atoms with van der Waals surface area (Å²) in [5, 5.41) is 8.00. The number of hydrogen-bond acceptors (Lipinski definition) is 5. The van der Waals surface area contributed by atoms with Gasteiger partial charge in [0.2, 0.25) is 0 Å². The van der Waals surface area contributed by atoms with E-state index in [1.807, 2.05) is 4.52 Å². The lowest BCUT2D eigenvalue weighted by Crippen LogP contribution is -2.51. The minimum Gasteiger partial charge on any atom is -0.377 e. The molecule has 6 heteroatoms. The molecule has 0 amide bonds. The van der Waals surface area contributed by atoms with Gasteiger partial charge < -0.3 is 15.0 Å². The maximum atomic E-state index is 5.68. The van der Waals surface area contributed by atoms with Crippen molar-refractivity contribution in [2.24, 2.45) is 0 Å². The first-order valence-corrected chi connectivity index (χ1v) is 7.69. The van der Waals surface area contributed by atoms with Crippen LogP contribution in [0.3, 0.4) is 0 Å². The van der Waals surface area contributed by atoms with Crippen LogP contribution >= 0.6 is 0 Å². The normalized spacial score (nSPS) is 22.9. The van der Waals surface area contributed by atoms with E-state index in [9.17, 15) is 0 Å². The van der Waals surface area contributed by atoms with Gasteiger partial charge in [-0.2, -0.15) is 9.61 Å². The van der Waals surface area contributed by atoms with Gasteiger partial charge in [-0.15, -0.1) is 0 Å². The van der Waals surface area contributed by atoms with E-state index in [0.29, 0.717) is 6.04 Å². The molecule has 0 radical (unpaired) electrons. The van der Waals surface area contributed by atoms with Crippen LogP contribution in [0.4, 0.5) is 5.82 Å². The predicted molar refractivity (Wildman–Crippen MR) is 80.7 cm³/mol. The summed E-state index contributed by atoms with van der Waals surface area (Å²) in [6.45, 7) is 5.51. The van der Waals surface area contributed by atoms with Crippen molar-refractivity contribution in [3.63, 3.8) is 0 Å². The summed E-state index contributed by atoms with van der Waals surface area (Å²) < 4.78 is 7.62. The highest BCUT2D eigenvalue weighted by Crippen LogP contribution is 2.23. The van der Waals surface area contributed by atoms with Gasteiger partial charge in [0.15, 0.2) is 5.65 Å². The molecule has 1 aliphatic heterocycles. The topological polar surface area (TPSA) is 54.7 Å². The molecule has 2 aromatic heterocycles. The zero-order chi connectivity index (χ0) is 14.2. The largest absolute Gasteiger partial charge is 0.377 e. The number of rotatable bonds is 4. The molecule has 1 N–H and O–H groups in total. The Bertz CT molecular complexity index is 636. The van der Waals surface area contributed by atoms with Crippen molar-refractivity contribution >= 4 is 11.5 Å². The number of nitrogens with one attached hydrogen (secondary N) is 1. The number of fused-ring (bicyclic) bond motifs is 1. The molecule has 0 aromatic carbocycles. The first-order valence-electron chi connectivity index (χ1n) is 7.69. The SMILES string of the molecule is Cc1cc(N2CCOCC2CNC2CC2)n2ncnc2c1. The van der Waals surface area contributed by atoms with Crippen molar-refractivity contribution in [1.82, 2.24) is 19.9 Å². The van der Waals surface area contributed by atoms with Crippen LogP contribution in [-0.2, 0) is 4.74 Å². The van der Waals surface area contributed by atoms with Gasteiger partial charge >= 0.3 is 0 Å². The summed E-state index contributed by atoms with van der Waals surface area (Å²) in [5.41, 5.74) is 2.12. The monoisotopic (exact) mass is 287 g/mol. The summed E-state index contributed by atoms with van der Waals surface area (Å²) in [6, 6.07) is 5.33. The minimum absolute atomic E-state index is 0.355. The number of aromatic nitrogens is 3. The summed E-state index contributed by atoms with van der Waals surface area (Å²) in [7, 11) is 0. The van der Waals surface area contributed by atoms with Gasteiger partial charge in [0, 0.05) is 19.1 Å². The first kappa shape index (κ1) is 13.0. The van der Waals surface area contributed by atoms with Crippen LogP contribution in [0.2, 0.25) is 0 Å². The van der Waals surface area contributed by atoms with Crippen molar-refractivity contribution < 1.29 is 4.74 Å². The van der Waals surface area contributed by atoms with Gasteiger partial charge in [0.05, 0.1) is 19.3 Å². The van der Waals surface area contributed by atoms with E-state index in [2.05, 4.69) is 39.4 Å². The Kier molecular flexibility index (Phi) is 3.27. The van der Waals surface area contributed by atoms with Crippen LogP contribution in [0.25, 0.3) is 5.65 Å². The average Bonchev–Trinajstić information content (AvgIpc) is 3.21. The summed E-state index contributed by atoms with van der Waals surface area (Å²) in [5.74, 6) is 1.12. The molecule has 21 heavy (non-hydrogen) atoms. The van der Waals surface area contributed by atoms with Crippen LogP contribution in [0.15, 0.2) is 18.5 Å². The molecule has 4 rings (SSSR count). The van der Waals surface area contributed by atoms with E-state index >= 15 is 0 Å². The van der Waals surface area contributed by atoms with Crippen LogP contribution in [-0.4, -0.2) is 53.0 Å². The van der Waals surface area contributed by atoms with Gasteiger partial charge in [-0.1, -0.05) is 0 Å². The Hall–Kier alpha value is -1.66. The number of hydrogen-bond donors (Lipinski definition) is 1. The van der Waals surface area contributed by atoms with E-state index < -0.39 is 0 Å². The molecule has 1 saturated heterocycles. The van der Waals surface area contributed by atoms with Crippen molar-refractivity contribution in [3.8, 4) is 0 Å². The van der Waals surface area contributed by atoms with Crippen LogP contribution in [0.5, 0.6) is 0 Å². The van der Waals surface area contributed by atoms with E-state index in [4.69, 9.17) is 4.74 Å². The minimum atomic E-state index is 0.355. The van der Waals surface area contributed by atoms with E-state index in [1.54, 1.807) is 6.33 Å². The standard InChI is InChI=1S/C15H21N5O/c1-11-6-14-17-10-18-20(14)15(7-11)19-4-5-21-9-13(19)8-16-12-2-3-12/h6-7,10,12-13,16H,2-5,8-9H2,1H3. The number of morpholine rings is 1. The van der Waals surface area contributed by atoms with Gasteiger partial charge in [-0.3, -0.25) is 0 Å². The molecule has 112 valence electrons. The Morgan fingerprint density at radius 2 is 2.29 bits per heavy atom. The molecule has 1 saturated carbocycles. The second-order valence-electron chi connectivity index (χ2n) is 6.03. The quantitative estimate of drug-likeness (QED) is 0.909. The maximum Gasteiger partial charge on any atom is 0.157 e. The van der Waals surface area contributed by atoms with Crippen molar-refractivity contribution in [2.75, 3.05) is 31.2 Å². The van der Waals surface area contributed by atoms with Gasteiger partial charge in [0.25, 0.3) is 0 Å². The second-order valence-corrected chi connectivity index (χ2v) is 6.03. The van der Waals surface area contributed by atoms with Gasteiger partial charge in [-0.25, -0.2) is 4.98 Å². The molecule has 6 nitrogen and oxygen atoms in total. The Morgan fingerprint density at radius 1 is 1.38 bits per heavy atom. The van der Waals surface area contributed by atoms with Gasteiger partial charge in [0.1, 0.15) is 12.1 Å². The lowest BCUT2D eigenvalue weighted by atomic mass is 10.2. The molecule has 1 atom stereocenters. The summed E-state index contributed by atoms with van der Waals surface area (Å²) in [6.07, 6.45) is 4.24. The molecule has 1 aliphatic carbocycles. The maximum absolute atomic E-state index is 5.68. The molecule has 3 heterocycles. The lowest BCUT2D eigenvalue weighted by molar-refractivity contribution is 0.0930. The molecule has 2 aliphatic rings. The van der Waals surface area contributed by atoms with Crippen LogP contribution in [0.1, 0.15) is 18.4 Å². The van der Waals surface area contributed by atoms with Crippen LogP contribution < -0.4 is 10.2 Å². The number of ether oxygens (including phenoxy) is 1. The fourth-order valence-electron chi connectivity index (χ4n) is 2.96. The zero-order valence-electron chi connectivity index (χ0n) is 12.3. The summed E-state index contributed by atoms with van der Waals surface area (Å²) in [4.78, 5) is 6.73. The first-order chi connectivity index (χ1) is 10.3. The predicted octanol–water partition coefficient (Wildman–Crippen LogP) is 0.995. The number of aryl methyl sites for hydroxylation is 1. The van der Waals surface area contributed by atoms with E-state index in [-0.39, 0.29) is 0 Å². The number of nitrogens with zero attached hydrogens (tertiary/aromatic N) is 4.